The third kappa shape index (κ3) is 3.50. The highest BCUT2D eigenvalue weighted by atomic mass is 32.1. The summed E-state index contributed by atoms with van der Waals surface area (Å²) in [7, 11) is 0. The maximum absolute atomic E-state index is 12.5. The van der Waals surface area contributed by atoms with Crippen molar-refractivity contribution in [2.24, 2.45) is 0 Å². The highest BCUT2D eigenvalue weighted by Gasteiger charge is 2.18. The van der Waals surface area contributed by atoms with Gasteiger partial charge in [0.25, 0.3) is 5.91 Å². The predicted octanol–water partition coefficient (Wildman–Crippen LogP) is 3.79. The van der Waals surface area contributed by atoms with Crippen LogP contribution in [0.25, 0.3) is 10.2 Å². The molecule has 7 heteroatoms. The van der Waals surface area contributed by atoms with Crippen molar-refractivity contribution in [1.29, 1.82) is 0 Å². The molecule has 136 valence electrons. The van der Waals surface area contributed by atoms with Gasteiger partial charge >= 0.3 is 0 Å². The van der Waals surface area contributed by atoms with E-state index in [1.807, 2.05) is 29.1 Å². The molecule has 2 aromatic heterocycles. The lowest BCUT2D eigenvalue weighted by Gasteiger charge is -2.22. The molecule has 1 aliphatic rings. The number of aromatic nitrogens is 3. The van der Waals surface area contributed by atoms with Crippen molar-refractivity contribution < 1.29 is 4.79 Å². The number of anilines is 1. The number of nitrogens with one attached hydrogen (secondary N) is 2. The molecule has 1 amide bonds. The van der Waals surface area contributed by atoms with E-state index in [9.17, 15) is 4.79 Å². The maximum atomic E-state index is 12.5. The molecule has 1 atom stereocenters. The first-order valence-corrected chi connectivity index (χ1v) is 9.89. The molecule has 6 nitrogen and oxygen atoms in total. The van der Waals surface area contributed by atoms with Crippen LogP contribution in [0.3, 0.4) is 0 Å². The minimum absolute atomic E-state index is 0.180. The normalized spacial score (nSPS) is 17.7. The summed E-state index contributed by atoms with van der Waals surface area (Å²) >= 11 is 1.68. The zero-order valence-corrected chi connectivity index (χ0v) is 15.8. The summed E-state index contributed by atoms with van der Waals surface area (Å²) in [6.45, 7) is 6.24. The van der Waals surface area contributed by atoms with Gasteiger partial charge in [-0.05, 0) is 43.7 Å². The zero-order valence-electron chi connectivity index (χ0n) is 15.0. The van der Waals surface area contributed by atoms with Gasteiger partial charge in [-0.2, -0.15) is 5.10 Å². The summed E-state index contributed by atoms with van der Waals surface area (Å²) in [6.07, 6.45) is 4.13. The second-order valence-electron chi connectivity index (χ2n) is 7.02. The Morgan fingerprint density at radius 1 is 1.38 bits per heavy atom. The second kappa shape index (κ2) is 7.17. The molecule has 3 aromatic rings. The number of rotatable bonds is 4. The molecule has 0 saturated carbocycles. The largest absolute Gasteiger partial charge is 0.321 e. The minimum atomic E-state index is -0.180. The van der Waals surface area contributed by atoms with Crippen molar-refractivity contribution in [3.8, 4) is 0 Å². The summed E-state index contributed by atoms with van der Waals surface area (Å²) in [4.78, 5) is 17.2. The number of amides is 1. The summed E-state index contributed by atoms with van der Waals surface area (Å²) in [6, 6.07) is 7.95. The van der Waals surface area contributed by atoms with Gasteiger partial charge in [-0.15, -0.1) is 11.3 Å². The van der Waals surface area contributed by atoms with Crippen LogP contribution >= 0.6 is 11.3 Å². The van der Waals surface area contributed by atoms with Crippen molar-refractivity contribution in [3.63, 3.8) is 0 Å². The fourth-order valence-corrected chi connectivity index (χ4v) is 4.19. The Morgan fingerprint density at radius 3 is 3.04 bits per heavy atom. The van der Waals surface area contributed by atoms with Crippen molar-refractivity contribution in [1.82, 2.24) is 20.1 Å². The molecule has 4 rings (SSSR count). The first-order chi connectivity index (χ1) is 12.6. The number of nitrogens with zero attached hydrogens (tertiary/aromatic N) is 3. The van der Waals surface area contributed by atoms with Gasteiger partial charge in [-0.3, -0.25) is 9.48 Å². The molecule has 1 fully saturated rings. The lowest BCUT2D eigenvalue weighted by atomic mass is 10.1. The van der Waals surface area contributed by atoms with Gasteiger partial charge in [-0.25, -0.2) is 4.98 Å². The molecular weight excluding hydrogens is 346 g/mol. The van der Waals surface area contributed by atoms with E-state index in [1.54, 1.807) is 17.4 Å². The average molecular weight is 369 g/mol. The first-order valence-electron chi connectivity index (χ1n) is 9.08. The third-order valence-electron chi connectivity index (χ3n) is 4.64. The highest BCUT2D eigenvalue weighted by Crippen LogP contribution is 2.29. The fraction of sp³-hybridized carbons (Fsp3) is 0.421. The van der Waals surface area contributed by atoms with Gasteiger partial charge in [0.15, 0.2) is 5.69 Å². The smallest absolute Gasteiger partial charge is 0.276 e. The van der Waals surface area contributed by atoms with E-state index in [-0.39, 0.29) is 5.91 Å². The van der Waals surface area contributed by atoms with Crippen molar-refractivity contribution >= 4 is 33.1 Å². The van der Waals surface area contributed by atoms with Gasteiger partial charge in [-0.1, -0.05) is 13.8 Å². The second-order valence-corrected chi connectivity index (χ2v) is 8.09. The van der Waals surface area contributed by atoms with Gasteiger partial charge < -0.3 is 10.6 Å². The molecule has 3 heterocycles. The topological polar surface area (TPSA) is 71.8 Å². The monoisotopic (exact) mass is 369 g/mol. The number of piperidine rings is 1. The fourth-order valence-electron chi connectivity index (χ4n) is 3.18. The molecule has 1 aromatic carbocycles. The van der Waals surface area contributed by atoms with Crippen LogP contribution in [0.1, 0.15) is 54.1 Å². The minimum Gasteiger partial charge on any atom is -0.321 e. The Hall–Kier alpha value is -2.25. The van der Waals surface area contributed by atoms with Gasteiger partial charge in [0.2, 0.25) is 0 Å². The lowest BCUT2D eigenvalue weighted by molar-refractivity contribution is 0.102. The van der Waals surface area contributed by atoms with Gasteiger partial charge in [0.1, 0.15) is 0 Å². The van der Waals surface area contributed by atoms with Crippen molar-refractivity contribution in [2.75, 3.05) is 18.4 Å². The predicted molar refractivity (Wildman–Crippen MR) is 105 cm³/mol. The Bertz CT molecular complexity index is 923. The highest BCUT2D eigenvalue weighted by molar-refractivity contribution is 7.18. The molecular formula is C19H23N5OS. The molecule has 0 radical (unpaired) electrons. The number of benzene rings is 1. The van der Waals surface area contributed by atoms with Crippen LogP contribution in [0.2, 0.25) is 0 Å². The van der Waals surface area contributed by atoms with E-state index in [0.717, 1.165) is 46.8 Å². The van der Waals surface area contributed by atoms with Crippen molar-refractivity contribution in [3.05, 3.63) is 41.2 Å². The van der Waals surface area contributed by atoms with Crippen LogP contribution in [0.4, 0.5) is 5.69 Å². The van der Waals surface area contributed by atoms with E-state index >= 15 is 0 Å². The molecule has 0 bridgehead atoms. The number of hydrogen-bond donors (Lipinski definition) is 2. The summed E-state index contributed by atoms with van der Waals surface area (Å²) in [5, 5.41) is 11.9. The van der Waals surface area contributed by atoms with Crippen LogP contribution in [0, 0.1) is 0 Å². The number of hydrogen-bond acceptors (Lipinski definition) is 5. The molecule has 0 spiro atoms. The SMILES string of the molecule is CC(C)c1nc2ccc(NC(=O)c3ccn(C4CCCNC4)n3)cc2s1. The molecule has 26 heavy (non-hydrogen) atoms. The quantitative estimate of drug-likeness (QED) is 0.734. The van der Waals surface area contributed by atoms with Crippen LogP contribution < -0.4 is 10.6 Å². The standard InChI is InChI=1S/C19H23N5OS/c1-12(2)19-22-15-6-5-13(10-17(15)26-19)21-18(25)16-7-9-24(23-16)14-4-3-8-20-11-14/h5-7,9-10,12,14,20H,3-4,8,11H2,1-2H3,(H,21,25). The number of carbonyl (C=O) groups excluding carboxylic acids is 1. The van der Waals surface area contributed by atoms with E-state index in [0.29, 0.717) is 17.7 Å². The van der Waals surface area contributed by atoms with Crippen LogP contribution in [-0.4, -0.2) is 33.8 Å². The van der Waals surface area contributed by atoms with Crippen LogP contribution in [-0.2, 0) is 0 Å². The van der Waals surface area contributed by atoms with E-state index in [1.165, 1.54) is 0 Å². The summed E-state index contributed by atoms with van der Waals surface area (Å²) < 4.78 is 2.99. The summed E-state index contributed by atoms with van der Waals surface area (Å²) in [5.74, 6) is 0.226. The Labute approximate surface area is 156 Å². The average Bonchev–Trinajstić information content (AvgIpc) is 3.29. The Kier molecular flexibility index (Phi) is 4.74. The Balaban J connectivity index is 1.49. The summed E-state index contributed by atoms with van der Waals surface area (Å²) in [5.41, 5.74) is 2.20. The maximum Gasteiger partial charge on any atom is 0.276 e. The van der Waals surface area contributed by atoms with E-state index in [4.69, 9.17) is 0 Å². The van der Waals surface area contributed by atoms with E-state index in [2.05, 4.69) is 34.6 Å². The molecule has 2 N–H and O–H groups in total. The molecule has 1 saturated heterocycles. The van der Waals surface area contributed by atoms with Crippen LogP contribution in [0.15, 0.2) is 30.5 Å². The van der Waals surface area contributed by atoms with Crippen molar-refractivity contribution in [2.45, 2.75) is 38.6 Å². The third-order valence-corrected chi connectivity index (χ3v) is 5.96. The number of thiazole rings is 1. The van der Waals surface area contributed by atoms with E-state index < -0.39 is 0 Å². The molecule has 0 aliphatic carbocycles. The first kappa shape index (κ1) is 17.2. The van der Waals surface area contributed by atoms with Gasteiger partial charge in [0.05, 0.1) is 21.3 Å². The zero-order chi connectivity index (χ0) is 18.1. The molecule has 1 unspecified atom stereocenters. The Morgan fingerprint density at radius 2 is 2.27 bits per heavy atom. The number of carbonyl (C=O) groups is 1. The molecule has 1 aliphatic heterocycles. The van der Waals surface area contributed by atoms with Gasteiger partial charge in [0, 0.05) is 24.3 Å². The lowest BCUT2D eigenvalue weighted by Crippen LogP contribution is -2.32. The number of fused-ring (bicyclic) bond motifs is 1. The van der Waals surface area contributed by atoms with Crippen LogP contribution in [0.5, 0.6) is 0 Å².